The van der Waals surface area contributed by atoms with Gasteiger partial charge in [-0.1, -0.05) is 26.8 Å². The van der Waals surface area contributed by atoms with E-state index in [9.17, 15) is 4.79 Å². The Labute approximate surface area is 159 Å². The summed E-state index contributed by atoms with van der Waals surface area (Å²) in [6.45, 7) is 12.0. The van der Waals surface area contributed by atoms with E-state index < -0.39 is 0 Å². The van der Waals surface area contributed by atoms with Crippen LogP contribution in [0.5, 0.6) is 0 Å². The van der Waals surface area contributed by atoms with Gasteiger partial charge in [-0.25, -0.2) is 0 Å². The van der Waals surface area contributed by atoms with Crippen LogP contribution in [0.1, 0.15) is 65.7 Å². The van der Waals surface area contributed by atoms with Crippen molar-refractivity contribution in [3.05, 3.63) is 12.7 Å². The number of amides is 1. The SMILES string of the molecule is C=CCOC1CC(C)[C@H]2[C@@H]3CCC4N(C)C(=O)CC[C@]4(C)[C@@H]3CC[C@]12C. The minimum atomic E-state index is 0.312. The molecule has 0 bridgehead atoms. The van der Waals surface area contributed by atoms with Gasteiger partial charge in [0.15, 0.2) is 0 Å². The summed E-state index contributed by atoms with van der Waals surface area (Å²) >= 11 is 0. The molecule has 146 valence electrons. The second-order valence-electron chi connectivity index (χ2n) is 10.3. The predicted molar refractivity (Wildman–Crippen MR) is 105 cm³/mol. The van der Waals surface area contributed by atoms with Crippen LogP contribution in [0.4, 0.5) is 0 Å². The van der Waals surface area contributed by atoms with Crippen molar-refractivity contribution in [3.8, 4) is 0 Å². The van der Waals surface area contributed by atoms with Crippen LogP contribution in [0.15, 0.2) is 12.7 Å². The molecule has 0 N–H and O–H groups in total. The van der Waals surface area contributed by atoms with Crippen molar-refractivity contribution in [1.82, 2.24) is 4.90 Å². The molecule has 0 aromatic heterocycles. The maximum atomic E-state index is 12.3. The van der Waals surface area contributed by atoms with Gasteiger partial charge in [0.25, 0.3) is 0 Å². The van der Waals surface area contributed by atoms with E-state index in [-0.39, 0.29) is 0 Å². The number of hydrogen-bond acceptors (Lipinski definition) is 2. The van der Waals surface area contributed by atoms with Crippen molar-refractivity contribution in [3.63, 3.8) is 0 Å². The summed E-state index contributed by atoms with van der Waals surface area (Å²) in [4.78, 5) is 14.4. The molecule has 3 unspecified atom stereocenters. The van der Waals surface area contributed by atoms with Gasteiger partial charge in [-0.15, -0.1) is 6.58 Å². The molecule has 1 heterocycles. The van der Waals surface area contributed by atoms with Crippen molar-refractivity contribution >= 4 is 5.91 Å². The number of likely N-dealkylation sites (tertiary alicyclic amines) is 1. The lowest BCUT2D eigenvalue weighted by molar-refractivity contribution is -0.163. The number of rotatable bonds is 3. The van der Waals surface area contributed by atoms with Gasteiger partial charge in [0.05, 0.1) is 12.7 Å². The largest absolute Gasteiger partial charge is 0.374 e. The maximum absolute atomic E-state index is 12.3. The maximum Gasteiger partial charge on any atom is 0.222 e. The number of hydrogen-bond donors (Lipinski definition) is 0. The van der Waals surface area contributed by atoms with Gasteiger partial charge in [-0.05, 0) is 73.0 Å². The molecular weight excluding hydrogens is 322 g/mol. The molecule has 0 spiro atoms. The van der Waals surface area contributed by atoms with E-state index >= 15 is 0 Å². The molecule has 3 nitrogen and oxygen atoms in total. The number of ether oxygens (including phenoxy) is 1. The lowest BCUT2D eigenvalue weighted by atomic mass is 9.46. The van der Waals surface area contributed by atoms with Gasteiger partial charge in [0.2, 0.25) is 5.91 Å². The van der Waals surface area contributed by atoms with Gasteiger partial charge in [-0.2, -0.15) is 0 Å². The minimum Gasteiger partial charge on any atom is -0.374 e. The molecule has 0 aromatic carbocycles. The first-order chi connectivity index (χ1) is 12.3. The van der Waals surface area contributed by atoms with Crippen LogP contribution in [0.25, 0.3) is 0 Å². The van der Waals surface area contributed by atoms with Crippen LogP contribution in [0, 0.1) is 34.5 Å². The fraction of sp³-hybridized carbons (Fsp3) is 0.870. The van der Waals surface area contributed by atoms with E-state index in [1.54, 1.807) is 0 Å². The van der Waals surface area contributed by atoms with Crippen LogP contribution in [-0.2, 0) is 9.53 Å². The Kier molecular flexibility index (Phi) is 4.53. The Bertz CT molecular complexity index is 589. The van der Waals surface area contributed by atoms with Gasteiger partial charge in [-0.3, -0.25) is 4.79 Å². The highest BCUT2D eigenvalue weighted by Crippen LogP contribution is 2.66. The van der Waals surface area contributed by atoms with E-state index in [2.05, 4.69) is 39.3 Å². The topological polar surface area (TPSA) is 29.5 Å². The predicted octanol–water partition coefficient (Wildman–Crippen LogP) is 4.67. The molecule has 1 aliphatic heterocycles. The number of carbonyl (C=O) groups excluding carboxylic acids is 1. The molecule has 3 aliphatic carbocycles. The third-order valence-electron chi connectivity index (χ3n) is 9.20. The van der Waals surface area contributed by atoms with Crippen molar-refractivity contribution in [2.45, 2.75) is 77.9 Å². The second kappa shape index (κ2) is 6.36. The first-order valence-corrected chi connectivity index (χ1v) is 10.8. The van der Waals surface area contributed by atoms with Gasteiger partial charge in [0, 0.05) is 19.5 Å². The van der Waals surface area contributed by atoms with Gasteiger partial charge < -0.3 is 9.64 Å². The molecule has 26 heavy (non-hydrogen) atoms. The Morgan fingerprint density at radius 3 is 2.73 bits per heavy atom. The first kappa shape index (κ1) is 18.5. The van der Waals surface area contributed by atoms with E-state index in [1.807, 2.05) is 6.08 Å². The fourth-order valence-corrected chi connectivity index (χ4v) is 8.07. The van der Waals surface area contributed by atoms with Crippen LogP contribution >= 0.6 is 0 Å². The first-order valence-electron chi connectivity index (χ1n) is 10.8. The van der Waals surface area contributed by atoms with Gasteiger partial charge >= 0.3 is 0 Å². The van der Waals surface area contributed by atoms with E-state index in [0.29, 0.717) is 35.5 Å². The van der Waals surface area contributed by atoms with Crippen LogP contribution in [0.2, 0.25) is 0 Å². The summed E-state index contributed by atoms with van der Waals surface area (Å²) in [5.74, 6) is 3.46. The van der Waals surface area contributed by atoms with E-state index in [0.717, 1.165) is 36.5 Å². The number of carbonyl (C=O) groups is 1. The molecule has 0 radical (unpaired) electrons. The van der Waals surface area contributed by atoms with Crippen molar-refractivity contribution in [2.24, 2.45) is 34.5 Å². The lowest BCUT2D eigenvalue weighted by Gasteiger charge is -2.62. The number of piperidine rings is 1. The highest BCUT2D eigenvalue weighted by Gasteiger charge is 2.63. The normalized spacial score (nSPS) is 50.8. The Hall–Kier alpha value is -0.830. The van der Waals surface area contributed by atoms with Crippen molar-refractivity contribution < 1.29 is 9.53 Å². The zero-order valence-electron chi connectivity index (χ0n) is 17.2. The third kappa shape index (κ3) is 2.45. The van der Waals surface area contributed by atoms with Crippen molar-refractivity contribution in [2.75, 3.05) is 13.7 Å². The van der Waals surface area contributed by atoms with E-state index in [1.165, 1.54) is 32.1 Å². The average Bonchev–Trinajstić information content (AvgIpc) is 2.87. The van der Waals surface area contributed by atoms with E-state index in [4.69, 9.17) is 4.74 Å². The second-order valence-corrected chi connectivity index (χ2v) is 10.3. The molecule has 1 saturated heterocycles. The lowest BCUT2D eigenvalue weighted by Crippen LogP contribution is -2.61. The zero-order valence-corrected chi connectivity index (χ0v) is 17.2. The molecule has 8 atom stereocenters. The summed E-state index contributed by atoms with van der Waals surface area (Å²) < 4.78 is 6.27. The summed E-state index contributed by atoms with van der Waals surface area (Å²) in [6, 6.07) is 0.457. The average molecular weight is 360 g/mol. The zero-order chi connectivity index (χ0) is 18.7. The minimum absolute atomic E-state index is 0.312. The summed E-state index contributed by atoms with van der Waals surface area (Å²) in [5, 5.41) is 0. The van der Waals surface area contributed by atoms with Gasteiger partial charge in [0.1, 0.15) is 0 Å². The molecule has 4 rings (SSSR count). The quantitative estimate of drug-likeness (QED) is 0.686. The van der Waals surface area contributed by atoms with Crippen molar-refractivity contribution in [1.29, 1.82) is 0 Å². The monoisotopic (exact) mass is 359 g/mol. The molecular formula is C23H37NO2. The standard InChI is InChI=1S/C23H37NO2/c1-6-13-26-19-14-15(2)21-16-7-8-18-22(3,12-10-20(25)24(18)5)17(16)9-11-23(19,21)4/h6,15-19,21H,1,7-14H2,2-5H3/t15?,16-,17-,18?,19?,21+,22-,23-/m1/s1. The highest BCUT2D eigenvalue weighted by molar-refractivity contribution is 5.77. The fourth-order valence-electron chi connectivity index (χ4n) is 8.07. The summed E-state index contributed by atoms with van der Waals surface area (Å²) in [6.07, 6.45) is 10.4. The molecule has 0 aromatic rings. The highest BCUT2D eigenvalue weighted by atomic mass is 16.5. The Balaban J connectivity index is 1.62. The molecule has 4 aliphatic rings. The number of fused-ring (bicyclic) bond motifs is 5. The molecule has 4 fully saturated rings. The Morgan fingerprint density at radius 2 is 2.00 bits per heavy atom. The summed E-state index contributed by atoms with van der Waals surface area (Å²) in [5.41, 5.74) is 0.635. The molecule has 1 amide bonds. The van der Waals surface area contributed by atoms with Crippen LogP contribution in [0.3, 0.4) is 0 Å². The van der Waals surface area contributed by atoms with Crippen LogP contribution < -0.4 is 0 Å². The summed E-state index contributed by atoms with van der Waals surface area (Å²) in [7, 11) is 2.05. The number of nitrogens with zero attached hydrogens (tertiary/aromatic N) is 1. The smallest absolute Gasteiger partial charge is 0.222 e. The third-order valence-corrected chi connectivity index (χ3v) is 9.20. The molecule has 3 saturated carbocycles. The van der Waals surface area contributed by atoms with Crippen LogP contribution in [-0.4, -0.2) is 36.6 Å². The Morgan fingerprint density at radius 1 is 1.23 bits per heavy atom. The molecule has 3 heteroatoms.